The first-order chi connectivity index (χ1) is 15.1. The Hall–Kier alpha value is -3.99. The van der Waals surface area contributed by atoms with Crippen LogP contribution in [0, 0.1) is 0 Å². The predicted molar refractivity (Wildman–Crippen MR) is 123 cm³/mol. The first-order valence-electron chi connectivity index (χ1n) is 10.2. The summed E-state index contributed by atoms with van der Waals surface area (Å²) in [6, 6.07) is 23.4. The molecular weight excluding hydrogens is 388 g/mol. The third-order valence-electron chi connectivity index (χ3n) is 5.20. The van der Waals surface area contributed by atoms with Crippen LogP contribution in [0.5, 0.6) is 0 Å². The minimum Gasteiger partial charge on any atom is -0.337 e. The van der Waals surface area contributed by atoms with Crippen LogP contribution < -0.4 is 10.7 Å². The molecule has 1 N–H and O–H groups in total. The summed E-state index contributed by atoms with van der Waals surface area (Å²) in [4.78, 5) is 39.0. The number of amides is 1. The summed E-state index contributed by atoms with van der Waals surface area (Å²) in [5.41, 5.74) is 2.47. The SMILES string of the molecule is CCc1ccc2c(c1)c(=O)c(C(=O)c1ccccc1)cn2CC(=O)Nc1ccccc1. The fourth-order valence-electron chi connectivity index (χ4n) is 3.58. The van der Waals surface area contributed by atoms with Gasteiger partial charge in [-0.1, -0.05) is 61.5 Å². The number of nitrogens with zero attached hydrogens (tertiary/aromatic N) is 1. The number of hydrogen-bond donors (Lipinski definition) is 1. The molecule has 5 nitrogen and oxygen atoms in total. The quantitative estimate of drug-likeness (QED) is 0.478. The Morgan fingerprint density at radius 3 is 2.26 bits per heavy atom. The van der Waals surface area contributed by atoms with Gasteiger partial charge >= 0.3 is 0 Å². The molecule has 0 radical (unpaired) electrons. The van der Waals surface area contributed by atoms with E-state index in [4.69, 9.17) is 0 Å². The van der Waals surface area contributed by atoms with Crippen molar-refractivity contribution < 1.29 is 9.59 Å². The van der Waals surface area contributed by atoms with Crippen LogP contribution >= 0.6 is 0 Å². The number of carbonyl (C=O) groups is 2. The number of para-hydroxylation sites is 1. The smallest absolute Gasteiger partial charge is 0.244 e. The number of aromatic nitrogens is 1. The number of hydrogen-bond acceptors (Lipinski definition) is 3. The molecule has 5 heteroatoms. The van der Waals surface area contributed by atoms with Gasteiger partial charge in [-0.05, 0) is 36.2 Å². The molecule has 0 bridgehead atoms. The molecule has 4 aromatic rings. The highest BCUT2D eigenvalue weighted by Crippen LogP contribution is 2.17. The molecule has 3 aromatic carbocycles. The van der Waals surface area contributed by atoms with Crippen LogP contribution in [0.2, 0.25) is 0 Å². The van der Waals surface area contributed by atoms with E-state index in [9.17, 15) is 14.4 Å². The normalized spacial score (nSPS) is 10.7. The minimum absolute atomic E-state index is 0.0216. The number of pyridine rings is 1. The third-order valence-corrected chi connectivity index (χ3v) is 5.20. The van der Waals surface area contributed by atoms with Crippen LogP contribution in [-0.4, -0.2) is 16.3 Å². The lowest BCUT2D eigenvalue weighted by Gasteiger charge is -2.14. The van der Waals surface area contributed by atoms with Crippen molar-refractivity contribution in [2.24, 2.45) is 0 Å². The highest BCUT2D eigenvalue weighted by atomic mass is 16.2. The van der Waals surface area contributed by atoms with Crippen molar-refractivity contribution in [3.63, 3.8) is 0 Å². The van der Waals surface area contributed by atoms with E-state index in [1.54, 1.807) is 41.0 Å². The standard InChI is InChI=1S/C26H22N2O3/c1-2-18-13-14-23-21(15-18)26(31)22(25(30)19-9-5-3-6-10-19)16-28(23)17-24(29)27-20-11-7-4-8-12-20/h3-16H,2,17H2,1H3,(H,27,29). The molecule has 0 spiro atoms. The van der Waals surface area contributed by atoms with E-state index in [0.717, 1.165) is 12.0 Å². The minimum atomic E-state index is -0.355. The summed E-state index contributed by atoms with van der Waals surface area (Å²) in [5.74, 6) is -0.597. The Kier molecular flexibility index (Phi) is 5.76. The van der Waals surface area contributed by atoms with Gasteiger partial charge < -0.3 is 9.88 Å². The lowest BCUT2D eigenvalue weighted by molar-refractivity contribution is -0.116. The zero-order valence-corrected chi connectivity index (χ0v) is 17.2. The Balaban J connectivity index is 1.80. The third kappa shape index (κ3) is 4.31. The second-order valence-corrected chi connectivity index (χ2v) is 7.31. The molecule has 0 saturated carbocycles. The number of carbonyl (C=O) groups excluding carboxylic acids is 2. The van der Waals surface area contributed by atoms with Crippen molar-refractivity contribution in [1.29, 1.82) is 0 Å². The molecule has 31 heavy (non-hydrogen) atoms. The Morgan fingerprint density at radius 2 is 1.58 bits per heavy atom. The summed E-state index contributed by atoms with van der Waals surface area (Å²) >= 11 is 0. The van der Waals surface area contributed by atoms with Gasteiger partial charge in [0.05, 0.1) is 11.1 Å². The van der Waals surface area contributed by atoms with E-state index in [1.165, 1.54) is 6.20 Å². The maximum absolute atomic E-state index is 13.2. The van der Waals surface area contributed by atoms with Gasteiger partial charge in [0.2, 0.25) is 11.3 Å². The van der Waals surface area contributed by atoms with E-state index in [1.807, 2.05) is 49.4 Å². The van der Waals surface area contributed by atoms with E-state index in [0.29, 0.717) is 22.2 Å². The molecule has 0 saturated heterocycles. The topological polar surface area (TPSA) is 68.2 Å². The molecule has 154 valence electrons. The van der Waals surface area contributed by atoms with Crippen molar-refractivity contribution in [3.05, 3.63) is 112 Å². The van der Waals surface area contributed by atoms with Crippen molar-refractivity contribution >= 4 is 28.3 Å². The van der Waals surface area contributed by atoms with Crippen LogP contribution in [-0.2, 0) is 17.8 Å². The molecule has 0 atom stereocenters. The molecular formula is C26H22N2O3. The first-order valence-corrected chi connectivity index (χ1v) is 10.2. The van der Waals surface area contributed by atoms with E-state index in [2.05, 4.69) is 5.32 Å². The highest BCUT2D eigenvalue weighted by Gasteiger charge is 2.18. The molecule has 0 aliphatic heterocycles. The van der Waals surface area contributed by atoms with Crippen LogP contribution in [0.15, 0.2) is 89.9 Å². The zero-order valence-electron chi connectivity index (χ0n) is 17.2. The monoisotopic (exact) mass is 410 g/mol. The van der Waals surface area contributed by atoms with E-state index in [-0.39, 0.29) is 29.2 Å². The van der Waals surface area contributed by atoms with Gasteiger partial charge in [0.1, 0.15) is 6.54 Å². The Bertz CT molecular complexity index is 1310. The average Bonchev–Trinajstić information content (AvgIpc) is 2.81. The van der Waals surface area contributed by atoms with Gasteiger partial charge in [0.15, 0.2) is 5.78 Å². The summed E-state index contributed by atoms with van der Waals surface area (Å²) in [5, 5.41) is 3.29. The Labute approximate surface area is 180 Å². The van der Waals surface area contributed by atoms with Crippen molar-refractivity contribution in [3.8, 4) is 0 Å². The summed E-state index contributed by atoms with van der Waals surface area (Å²) < 4.78 is 1.67. The second kappa shape index (κ2) is 8.79. The number of anilines is 1. The highest BCUT2D eigenvalue weighted by molar-refractivity contribution is 6.10. The largest absolute Gasteiger partial charge is 0.337 e. The van der Waals surface area contributed by atoms with Crippen LogP contribution in [0.3, 0.4) is 0 Å². The lowest BCUT2D eigenvalue weighted by Crippen LogP contribution is -2.24. The number of fused-ring (bicyclic) bond motifs is 1. The maximum atomic E-state index is 13.2. The zero-order chi connectivity index (χ0) is 21.8. The Morgan fingerprint density at radius 1 is 0.903 bits per heavy atom. The predicted octanol–water partition coefficient (Wildman–Crippen LogP) is 4.43. The summed E-state index contributed by atoms with van der Waals surface area (Å²) in [7, 11) is 0. The number of aryl methyl sites for hydroxylation is 1. The van der Waals surface area contributed by atoms with E-state index < -0.39 is 0 Å². The number of ketones is 1. The maximum Gasteiger partial charge on any atom is 0.244 e. The second-order valence-electron chi connectivity index (χ2n) is 7.31. The van der Waals surface area contributed by atoms with E-state index >= 15 is 0 Å². The molecule has 1 heterocycles. The number of nitrogens with one attached hydrogen (secondary N) is 1. The molecule has 1 amide bonds. The van der Waals surface area contributed by atoms with Gasteiger partial charge in [-0.15, -0.1) is 0 Å². The number of rotatable bonds is 6. The van der Waals surface area contributed by atoms with Crippen molar-refractivity contribution in [2.45, 2.75) is 19.9 Å². The molecule has 4 rings (SSSR count). The van der Waals surface area contributed by atoms with Crippen LogP contribution in [0.1, 0.15) is 28.4 Å². The van der Waals surface area contributed by atoms with Crippen LogP contribution in [0.25, 0.3) is 10.9 Å². The lowest BCUT2D eigenvalue weighted by atomic mass is 10.0. The van der Waals surface area contributed by atoms with Gasteiger partial charge in [0.25, 0.3) is 0 Å². The van der Waals surface area contributed by atoms with Gasteiger partial charge in [-0.2, -0.15) is 0 Å². The first kappa shape index (κ1) is 20.3. The summed E-state index contributed by atoms with van der Waals surface area (Å²) in [6.07, 6.45) is 2.26. The molecule has 0 unspecified atom stereocenters. The average molecular weight is 410 g/mol. The fraction of sp³-hybridized carbons (Fsp3) is 0.115. The fourth-order valence-corrected chi connectivity index (χ4v) is 3.58. The molecule has 0 aliphatic rings. The molecule has 0 fully saturated rings. The van der Waals surface area contributed by atoms with Gasteiger partial charge in [-0.3, -0.25) is 14.4 Å². The molecule has 0 aliphatic carbocycles. The van der Waals surface area contributed by atoms with Crippen LogP contribution in [0.4, 0.5) is 5.69 Å². The number of benzene rings is 3. The van der Waals surface area contributed by atoms with Crippen molar-refractivity contribution in [2.75, 3.05) is 5.32 Å². The van der Waals surface area contributed by atoms with Gasteiger partial charge in [0, 0.05) is 22.8 Å². The summed E-state index contributed by atoms with van der Waals surface area (Å²) in [6.45, 7) is 1.98. The molecule has 1 aromatic heterocycles. The van der Waals surface area contributed by atoms with Crippen molar-refractivity contribution in [1.82, 2.24) is 4.57 Å². The van der Waals surface area contributed by atoms with Gasteiger partial charge in [-0.25, -0.2) is 0 Å².